The summed E-state index contributed by atoms with van der Waals surface area (Å²) >= 11 is 3.35. The number of hydrogen-bond acceptors (Lipinski definition) is 5. The van der Waals surface area contributed by atoms with Gasteiger partial charge in [0.25, 0.3) is 0 Å². The average Bonchev–Trinajstić information content (AvgIpc) is 2.95. The second kappa shape index (κ2) is 7.87. The molecular weight excluding hydrogens is 424 g/mol. The van der Waals surface area contributed by atoms with Crippen molar-refractivity contribution in [3.8, 4) is 0 Å². The highest BCUT2D eigenvalue weighted by atomic mass is 79.9. The number of halogens is 1. The maximum Gasteiger partial charge on any atom is 0.246 e. The number of morpholine rings is 1. The normalized spacial score (nSPS) is 15.8. The molecule has 0 spiro atoms. The first-order valence-electron chi connectivity index (χ1n) is 8.03. The second-order valence-corrected chi connectivity index (χ2v) is 8.62. The fraction of sp³-hybridized carbons (Fsp3) is 0.375. The molecule has 10 heteroatoms. The summed E-state index contributed by atoms with van der Waals surface area (Å²) < 4.78 is 34.1. The lowest BCUT2D eigenvalue weighted by Crippen LogP contribution is -2.40. The number of rotatable bonds is 5. The predicted molar refractivity (Wildman–Crippen MR) is 99.3 cm³/mol. The van der Waals surface area contributed by atoms with Gasteiger partial charge in [-0.25, -0.2) is 8.42 Å². The van der Waals surface area contributed by atoms with Crippen molar-refractivity contribution in [3.05, 3.63) is 40.6 Å². The molecule has 3 rings (SSSR count). The van der Waals surface area contributed by atoms with E-state index in [0.717, 1.165) is 10.2 Å². The maximum atomic E-state index is 12.6. The van der Waals surface area contributed by atoms with E-state index in [2.05, 4.69) is 26.3 Å². The summed E-state index contributed by atoms with van der Waals surface area (Å²) in [6.07, 6.45) is 1.63. The topological polar surface area (TPSA) is 93.5 Å². The molecule has 8 nitrogen and oxygen atoms in total. The molecule has 2 aromatic rings. The maximum absolute atomic E-state index is 12.6. The molecule has 1 fully saturated rings. The van der Waals surface area contributed by atoms with Gasteiger partial charge in [-0.3, -0.25) is 9.48 Å². The van der Waals surface area contributed by atoms with Crippen molar-refractivity contribution in [2.75, 3.05) is 31.6 Å². The fourth-order valence-corrected chi connectivity index (χ4v) is 4.27. The molecule has 1 aromatic heterocycles. The van der Waals surface area contributed by atoms with Crippen LogP contribution in [0.3, 0.4) is 0 Å². The predicted octanol–water partition coefficient (Wildman–Crippen LogP) is 1.61. The third-order valence-corrected chi connectivity index (χ3v) is 6.77. The Hall–Kier alpha value is -1.75. The van der Waals surface area contributed by atoms with Crippen LogP contribution < -0.4 is 5.32 Å². The third kappa shape index (κ3) is 4.14. The van der Waals surface area contributed by atoms with Crippen LogP contribution in [-0.4, -0.2) is 54.7 Å². The van der Waals surface area contributed by atoms with Crippen molar-refractivity contribution < 1.29 is 17.9 Å². The summed E-state index contributed by atoms with van der Waals surface area (Å²) in [4.78, 5) is 12.3. The number of hydrogen-bond donors (Lipinski definition) is 1. The van der Waals surface area contributed by atoms with Gasteiger partial charge >= 0.3 is 0 Å². The lowest BCUT2D eigenvalue weighted by molar-refractivity contribution is -0.116. The van der Waals surface area contributed by atoms with Gasteiger partial charge in [-0.15, -0.1) is 0 Å². The van der Waals surface area contributed by atoms with Crippen molar-refractivity contribution in [2.24, 2.45) is 0 Å². The second-order valence-electron chi connectivity index (χ2n) is 5.82. The molecular formula is C16H19BrN4O4S. The number of sulfonamides is 1. The Morgan fingerprint density at radius 1 is 1.27 bits per heavy atom. The highest BCUT2D eigenvalue weighted by Gasteiger charge is 2.26. The number of amides is 1. The molecule has 2 heterocycles. The van der Waals surface area contributed by atoms with Crippen LogP contribution in [0.2, 0.25) is 0 Å². The first kappa shape index (κ1) is 19.0. The summed E-state index contributed by atoms with van der Waals surface area (Å²) in [5.41, 5.74) is 1.38. The molecule has 1 amide bonds. The zero-order valence-electron chi connectivity index (χ0n) is 14.2. The number of nitrogens with zero attached hydrogens (tertiary/aromatic N) is 3. The van der Waals surface area contributed by atoms with Crippen LogP contribution in [0.5, 0.6) is 0 Å². The van der Waals surface area contributed by atoms with Gasteiger partial charge in [-0.05, 0) is 47.1 Å². The smallest absolute Gasteiger partial charge is 0.246 e. The van der Waals surface area contributed by atoms with Crippen molar-refractivity contribution in [1.29, 1.82) is 0 Å². The number of carbonyl (C=O) groups is 1. The molecule has 0 saturated carbocycles. The Morgan fingerprint density at radius 2 is 1.92 bits per heavy atom. The molecule has 140 valence electrons. The number of benzene rings is 1. The first-order valence-corrected chi connectivity index (χ1v) is 10.3. The minimum Gasteiger partial charge on any atom is -0.379 e. The molecule has 1 aromatic carbocycles. The average molecular weight is 443 g/mol. The van der Waals surface area contributed by atoms with E-state index in [0.29, 0.717) is 32.0 Å². The number of nitrogens with one attached hydrogen (secondary N) is 1. The molecule has 1 aliphatic rings. The van der Waals surface area contributed by atoms with Crippen LogP contribution in [0.4, 0.5) is 5.69 Å². The van der Waals surface area contributed by atoms with Crippen LogP contribution in [0, 0.1) is 6.92 Å². The first-order chi connectivity index (χ1) is 12.4. The largest absolute Gasteiger partial charge is 0.379 e. The summed E-state index contributed by atoms with van der Waals surface area (Å²) in [6, 6.07) is 6.15. The molecule has 0 bridgehead atoms. The Labute approximate surface area is 160 Å². The molecule has 0 unspecified atom stereocenters. The van der Waals surface area contributed by atoms with Gasteiger partial charge in [0.2, 0.25) is 15.9 Å². The van der Waals surface area contributed by atoms with Gasteiger partial charge in [0.15, 0.2) is 0 Å². The van der Waals surface area contributed by atoms with Gasteiger partial charge in [-0.2, -0.15) is 9.40 Å². The van der Waals surface area contributed by atoms with E-state index < -0.39 is 10.0 Å². The molecule has 1 aliphatic heterocycles. The van der Waals surface area contributed by atoms with Gasteiger partial charge in [-0.1, -0.05) is 0 Å². The SMILES string of the molecule is Cc1c(Br)cnn1CC(=O)Nc1ccc(S(=O)(=O)N2CCOCC2)cc1. The highest BCUT2D eigenvalue weighted by Crippen LogP contribution is 2.20. The standard InChI is InChI=1S/C16H19BrN4O4S/c1-12-15(17)10-18-21(12)11-16(22)19-13-2-4-14(5-3-13)26(23,24)20-6-8-25-9-7-20/h2-5,10H,6-9,11H2,1H3,(H,19,22). The van der Waals surface area contributed by atoms with Crippen LogP contribution in [0.1, 0.15) is 5.69 Å². The summed E-state index contributed by atoms with van der Waals surface area (Å²) in [7, 11) is -3.54. The van der Waals surface area contributed by atoms with Crippen LogP contribution >= 0.6 is 15.9 Å². The lowest BCUT2D eigenvalue weighted by atomic mass is 10.3. The Bertz CT molecular complexity index is 889. The van der Waals surface area contributed by atoms with Crippen LogP contribution in [-0.2, 0) is 26.1 Å². The van der Waals surface area contributed by atoms with Crippen molar-refractivity contribution in [3.63, 3.8) is 0 Å². The third-order valence-electron chi connectivity index (χ3n) is 4.08. The van der Waals surface area contributed by atoms with Crippen molar-refractivity contribution in [1.82, 2.24) is 14.1 Å². The number of carbonyl (C=O) groups excluding carboxylic acids is 1. The van der Waals surface area contributed by atoms with E-state index in [1.54, 1.807) is 23.0 Å². The van der Waals surface area contributed by atoms with E-state index in [9.17, 15) is 13.2 Å². The van der Waals surface area contributed by atoms with E-state index in [1.165, 1.54) is 16.4 Å². The van der Waals surface area contributed by atoms with E-state index >= 15 is 0 Å². The Kier molecular flexibility index (Phi) is 5.76. The van der Waals surface area contributed by atoms with Gasteiger partial charge < -0.3 is 10.1 Å². The van der Waals surface area contributed by atoms with Crippen LogP contribution in [0.25, 0.3) is 0 Å². The van der Waals surface area contributed by atoms with E-state index in [1.807, 2.05) is 6.92 Å². The zero-order chi connectivity index (χ0) is 18.7. The molecule has 1 saturated heterocycles. The number of anilines is 1. The molecule has 0 aliphatic carbocycles. The van der Waals surface area contributed by atoms with Gasteiger partial charge in [0.05, 0.1) is 34.5 Å². The fourth-order valence-electron chi connectivity index (χ4n) is 2.57. The van der Waals surface area contributed by atoms with Gasteiger partial charge in [0, 0.05) is 18.8 Å². The Balaban J connectivity index is 1.65. The monoisotopic (exact) mass is 442 g/mol. The van der Waals surface area contributed by atoms with Gasteiger partial charge in [0.1, 0.15) is 6.54 Å². The number of aromatic nitrogens is 2. The Morgan fingerprint density at radius 3 is 2.50 bits per heavy atom. The highest BCUT2D eigenvalue weighted by molar-refractivity contribution is 9.10. The summed E-state index contributed by atoms with van der Waals surface area (Å²) in [6.45, 7) is 3.42. The molecule has 0 atom stereocenters. The molecule has 26 heavy (non-hydrogen) atoms. The summed E-state index contributed by atoms with van der Waals surface area (Å²) in [5, 5.41) is 6.85. The lowest BCUT2D eigenvalue weighted by Gasteiger charge is -2.26. The minimum absolute atomic E-state index is 0.0747. The van der Waals surface area contributed by atoms with Crippen molar-refractivity contribution in [2.45, 2.75) is 18.4 Å². The van der Waals surface area contributed by atoms with Crippen molar-refractivity contribution >= 4 is 37.5 Å². The number of ether oxygens (including phenoxy) is 1. The quantitative estimate of drug-likeness (QED) is 0.758. The van der Waals surface area contributed by atoms with Crippen LogP contribution in [0.15, 0.2) is 39.8 Å². The van der Waals surface area contributed by atoms with E-state index in [-0.39, 0.29) is 17.3 Å². The van der Waals surface area contributed by atoms with E-state index in [4.69, 9.17) is 4.74 Å². The minimum atomic E-state index is -3.54. The summed E-state index contributed by atoms with van der Waals surface area (Å²) in [5.74, 6) is -0.243. The zero-order valence-corrected chi connectivity index (χ0v) is 16.6. The molecule has 0 radical (unpaired) electrons. The molecule has 1 N–H and O–H groups in total.